The zero-order valence-electron chi connectivity index (χ0n) is 15.6. The summed E-state index contributed by atoms with van der Waals surface area (Å²) in [5.74, 6) is -0.156. The minimum absolute atomic E-state index is 0.214. The molecule has 146 valence electrons. The number of nitrogens with zero attached hydrogens (tertiary/aromatic N) is 3. The molecule has 0 saturated heterocycles. The first kappa shape index (κ1) is 19.5. The van der Waals surface area contributed by atoms with E-state index >= 15 is 0 Å². The molecule has 0 atom stereocenters. The van der Waals surface area contributed by atoms with Crippen LogP contribution in [0.5, 0.6) is 5.88 Å². The van der Waals surface area contributed by atoms with E-state index < -0.39 is 11.7 Å². The molecule has 0 radical (unpaired) electrons. The van der Waals surface area contributed by atoms with E-state index in [-0.39, 0.29) is 17.9 Å². The molecule has 1 saturated carbocycles. The minimum Gasteiger partial charge on any atom is -0.474 e. The summed E-state index contributed by atoms with van der Waals surface area (Å²) >= 11 is 0. The third-order valence-corrected chi connectivity index (χ3v) is 4.84. The molecule has 27 heavy (non-hydrogen) atoms. The van der Waals surface area contributed by atoms with Crippen molar-refractivity contribution in [2.45, 2.75) is 58.2 Å². The van der Waals surface area contributed by atoms with Gasteiger partial charge in [0.25, 0.3) is 0 Å². The van der Waals surface area contributed by atoms with E-state index in [1.54, 1.807) is 4.90 Å². The molecule has 1 fully saturated rings. The maximum Gasteiger partial charge on any atom is 0.423 e. The summed E-state index contributed by atoms with van der Waals surface area (Å²) in [6.07, 6.45) is 0.596. The van der Waals surface area contributed by atoms with Gasteiger partial charge in [-0.15, -0.1) is 0 Å². The molecule has 3 rings (SSSR count). The molecule has 0 aliphatic heterocycles. The van der Waals surface area contributed by atoms with E-state index in [4.69, 9.17) is 4.74 Å². The average Bonchev–Trinajstić information content (AvgIpc) is 2.64. The number of aryl methyl sites for hydroxylation is 1. The van der Waals surface area contributed by atoms with Gasteiger partial charge in [0.2, 0.25) is 11.8 Å². The van der Waals surface area contributed by atoms with Gasteiger partial charge in [-0.3, -0.25) is 0 Å². The second-order valence-electron chi connectivity index (χ2n) is 6.80. The van der Waals surface area contributed by atoms with Crippen molar-refractivity contribution >= 4 is 11.6 Å². The van der Waals surface area contributed by atoms with Gasteiger partial charge in [0, 0.05) is 18.4 Å². The van der Waals surface area contributed by atoms with Crippen molar-refractivity contribution in [3.05, 3.63) is 41.6 Å². The van der Waals surface area contributed by atoms with E-state index in [0.717, 1.165) is 49.6 Å². The van der Waals surface area contributed by atoms with Crippen molar-refractivity contribution in [3.63, 3.8) is 0 Å². The highest BCUT2D eigenvalue weighted by atomic mass is 19.4. The van der Waals surface area contributed by atoms with Gasteiger partial charge >= 0.3 is 6.18 Å². The summed E-state index contributed by atoms with van der Waals surface area (Å²) in [6, 6.07) is 7.65. The lowest BCUT2D eigenvalue weighted by Crippen LogP contribution is -2.25. The molecule has 1 aromatic carbocycles. The van der Waals surface area contributed by atoms with Crippen molar-refractivity contribution in [1.82, 2.24) is 9.97 Å². The van der Waals surface area contributed by atoms with E-state index in [9.17, 15) is 13.2 Å². The van der Waals surface area contributed by atoms with Crippen molar-refractivity contribution in [2.75, 3.05) is 11.4 Å². The first-order valence-electron chi connectivity index (χ1n) is 9.34. The third kappa shape index (κ3) is 4.51. The van der Waals surface area contributed by atoms with Gasteiger partial charge in [0.15, 0.2) is 0 Å². The van der Waals surface area contributed by atoms with Crippen molar-refractivity contribution in [1.29, 1.82) is 0 Å². The van der Waals surface area contributed by atoms with Gasteiger partial charge in [0.1, 0.15) is 11.7 Å². The van der Waals surface area contributed by atoms with Crippen LogP contribution < -0.4 is 9.64 Å². The summed E-state index contributed by atoms with van der Waals surface area (Å²) in [5, 5.41) is 0. The standard InChI is InChI=1S/C20H24F3N3O/c1-3-26(17-12-8-7-9-14(17)2)19-24-13-16(20(21,22)23)18(25-19)27-15-10-5-4-6-11-15/h7-9,12-13,15H,3-6,10-11H2,1-2H3. The number of aromatic nitrogens is 2. The summed E-state index contributed by atoms with van der Waals surface area (Å²) < 4.78 is 46.0. The van der Waals surface area contributed by atoms with Gasteiger partial charge < -0.3 is 9.64 Å². The fourth-order valence-corrected chi connectivity index (χ4v) is 3.40. The monoisotopic (exact) mass is 379 g/mol. The molecule has 4 nitrogen and oxygen atoms in total. The maximum atomic E-state index is 13.4. The predicted octanol–water partition coefficient (Wildman–Crippen LogP) is 5.67. The van der Waals surface area contributed by atoms with Gasteiger partial charge in [-0.25, -0.2) is 4.98 Å². The van der Waals surface area contributed by atoms with Crippen molar-refractivity contribution < 1.29 is 17.9 Å². The van der Waals surface area contributed by atoms with Crippen LogP contribution in [-0.2, 0) is 6.18 Å². The number of ether oxygens (including phenoxy) is 1. The van der Waals surface area contributed by atoms with Crippen LogP contribution >= 0.6 is 0 Å². The topological polar surface area (TPSA) is 38.2 Å². The first-order valence-corrected chi connectivity index (χ1v) is 9.34. The number of anilines is 2. The van der Waals surface area contributed by atoms with E-state index in [1.165, 1.54) is 0 Å². The number of alkyl halides is 3. The number of hydrogen-bond acceptors (Lipinski definition) is 4. The minimum atomic E-state index is -4.55. The van der Waals surface area contributed by atoms with Crippen LogP contribution in [0, 0.1) is 6.92 Å². The van der Waals surface area contributed by atoms with Crippen LogP contribution in [0.25, 0.3) is 0 Å². The second-order valence-corrected chi connectivity index (χ2v) is 6.80. The Morgan fingerprint density at radius 3 is 2.48 bits per heavy atom. The molecule has 1 aromatic heterocycles. The average molecular weight is 379 g/mol. The Hall–Kier alpha value is -2.31. The smallest absolute Gasteiger partial charge is 0.423 e. The highest BCUT2D eigenvalue weighted by Crippen LogP contribution is 2.38. The molecular formula is C20H24F3N3O. The van der Waals surface area contributed by atoms with Crippen LogP contribution in [0.3, 0.4) is 0 Å². The number of para-hydroxylation sites is 1. The highest BCUT2D eigenvalue weighted by molar-refractivity contribution is 5.61. The van der Waals surface area contributed by atoms with Gasteiger partial charge in [-0.2, -0.15) is 18.2 Å². The zero-order valence-corrected chi connectivity index (χ0v) is 15.6. The molecular weight excluding hydrogens is 355 g/mol. The number of hydrogen-bond donors (Lipinski definition) is 0. The number of benzene rings is 1. The van der Waals surface area contributed by atoms with Crippen LogP contribution in [0.4, 0.5) is 24.8 Å². The number of rotatable bonds is 5. The fraction of sp³-hybridized carbons (Fsp3) is 0.500. The van der Waals surface area contributed by atoms with Crippen LogP contribution in [0.1, 0.15) is 50.2 Å². The van der Waals surface area contributed by atoms with E-state index in [1.807, 2.05) is 38.1 Å². The Labute approximate surface area is 157 Å². The molecule has 1 aliphatic rings. The third-order valence-electron chi connectivity index (χ3n) is 4.84. The Morgan fingerprint density at radius 1 is 1.15 bits per heavy atom. The molecule has 1 heterocycles. The number of halogens is 3. The molecule has 0 bridgehead atoms. The lowest BCUT2D eigenvalue weighted by atomic mass is 9.98. The largest absolute Gasteiger partial charge is 0.474 e. The summed E-state index contributed by atoms with van der Waals surface area (Å²) in [6.45, 7) is 4.38. The zero-order chi connectivity index (χ0) is 19.4. The van der Waals surface area contributed by atoms with Crippen LogP contribution in [0.2, 0.25) is 0 Å². The summed E-state index contributed by atoms with van der Waals surface area (Å²) in [4.78, 5) is 9.99. The van der Waals surface area contributed by atoms with Crippen molar-refractivity contribution in [3.8, 4) is 5.88 Å². The Balaban J connectivity index is 1.98. The fourth-order valence-electron chi connectivity index (χ4n) is 3.40. The predicted molar refractivity (Wildman–Crippen MR) is 98.4 cm³/mol. The first-order chi connectivity index (χ1) is 12.9. The summed E-state index contributed by atoms with van der Waals surface area (Å²) in [5.41, 5.74) is 0.943. The van der Waals surface area contributed by atoms with E-state index in [2.05, 4.69) is 9.97 Å². The lowest BCUT2D eigenvalue weighted by Gasteiger charge is -2.26. The molecule has 0 unspecified atom stereocenters. The van der Waals surface area contributed by atoms with Gasteiger partial charge in [0.05, 0.1) is 0 Å². The molecule has 1 aliphatic carbocycles. The van der Waals surface area contributed by atoms with Gasteiger partial charge in [-0.1, -0.05) is 24.6 Å². The Bertz CT molecular complexity index is 773. The SMILES string of the molecule is CCN(c1ncc(C(F)(F)F)c(OC2CCCCC2)n1)c1ccccc1C. The molecule has 7 heteroatoms. The molecule has 2 aromatic rings. The van der Waals surface area contributed by atoms with Gasteiger partial charge in [-0.05, 0) is 51.2 Å². The molecule has 0 N–H and O–H groups in total. The Kier molecular flexibility index (Phi) is 5.87. The quantitative estimate of drug-likeness (QED) is 0.671. The Morgan fingerprint density at radius 2 is 1.85 bits per heavy atom. The van der Waals surface area contributed by atoms with Crippen LogP contribution in [0.15, 0.2) is 30.5 Å². The molecule has 0 amide bonds. The molecule has 0 spiro atoms. The highest BCUT2D eigenvalue weighted by Gasteiger charge is 2.37. The lowest BCUT2D eigenvalue weighted by molar-refractivity contribution is -0.140. The summed E-state index contributed by atoms with van der Waals surface area (Å²) in [7, 11) is 0. The van der Waals surface area contributed by atoms with E-state index in [0.29, 0.717) is 6.54 Å². The van der Waals surface area contributed by atoms with Crippen LogP contribution in [-0.4, -0.2) is 22.6 Å². The maximum absolute atomic E-state index is 13.4. The normalized spacial score (nSPS) is 15.6. The van der Waals surface area contributed by atoms with Crippen molar-refractivity contribution in [2.24, 2.45) is 0 Å². The second kappa shape index (κ2) is 8.15.